The number of para-hydroxylation sites is 1. The Morgan fingerprint density at radius 1 is 1.13 bits per heavy atom. The fourth-order valence-corrected chi connectivity index (χ4v) is 3.00. The Bertz CT molecular complexity index is 782. The maximum absolute atomic E-state index is 12.2. The van der Waals surface area contributed by atoms with Crippen LogP contribution in [0.15, 0.2) is 72.1 Å². The molecule has 1 heterocycles. The molecule has 0 atom stereocenters. The predicted octanol–water partition coefficient (Wildman–Crippen LogP) is 3.96. The molecule has 4 nitrogen and oxygen atoms in total. The number of anilines is 1. The van der Waals surface area contributed by atoms with Crippen molar-refractivity contribution in [3.63, 3.8) is 0 Å². The fraction of sp³-hybridized carbons (Fsp3) is 0.111. The van der Waals surface area contributed by atoms with Gasteiger partial charge >= 0.3 is 0 Å². The summed E-state index contributed by atoms with van der Waals surface area (Å²) in [5, 5.41) is 3.86. The number of amides is 1. The van der Waals surface area contributed by atoms with Gasteiger partial charge < -0.3 is 9.88 Å². The molecule has 0 aliphatic rings. The summed E-state index contributed by atoms with van der Waals surface area (Å²) in [6.45, 7) is 0. The van der Waals surface area contributed by atoms with Gasteiger partial charge in [0.05, 0.1) is 0 Å². The third kappa shape index (κ3) is 4.02. The van der Waals surface area contributed by atoms with Crippen LogP contribution in [-0.4, -0.2) is 15.5 Å². The first-order valence-electron chi connectivity index (χ1n) is 7.28. The van der Waals surface area contributed by atoms with E-state index < -0.39 is 0 Å². The zero-order valence-electron chi connectivity index (χ0n) is 12.8. The standard InChI is InChI=1S/C18H17N3OS/c1-21-12-11-19-18(21)23-13-14-7-9-15(10-8-14)17(22)20-16-5-3-2-4-6-16/h2-12H,13H2,1H3,(H,20,22). The quantitative estimate of drug-likeness (QED) is 0.723. The van der Waals surface area contributed by atoms with Gasteiger partial charge in [-0.15, -0.1) is 0 Å². The summed E-state index contributed by atoms with van der Waals surface area (Å²) < 4.78 is 1.99. The minimum absolute atomic E-state index is 0.0977. The van der Waals surface area contributed by atoms with Crippen molar-refractivity contribution in [1.29, 1.82) is 0 Å². The zero-order valence-corrected chi connectivity index (χ0v) is 13.6. The maximum Gasteiger partial charge on any atom is 0.255 e. The van der Waals surface area contributed by atoms with E-state index in [0.717, 1.165) is 22.2 Å². The van der Waals surface area contributed by atoms with Crippen molar-refractivity contribution in [2.45, 2.75) is 10.9 Å². The molecule has 0 radical (unpaired) electrons. The third-order valence-electron chi connectivity index (χ3n) is 3.39. The number of thioether (sulfide) groups is 1. The largest absolute Gasteiger partial charge is 0.329 e. The first kappa shape index (κ1) is 15.4. The highest BCUT2D eigenvalue weighted by atomic mass is 32.2. The molecule has 23 heavy (non-hydrogen) atoms. The van der Waals surface area contributed by atoms with Gasteiger partial charge in [-0.3, -0.25) is 4.79 Å². The lowest BCUT2D eigenvalue weighted by molar-refractivity contribution is 0.102. The number of aryl methyl sites for hydroxylation is 1. The lowest BCUT2D eigenvalue weighted by atomic mass is 10.1. The number of nitrogens with one attached hydrogen (secondary N) is 1. The van der Waals surface area contributed by atoms with E-state index in [9.17, 15) is 4.79 Å². The SMILES string of the molecule is Cn1ccnc1SCc1ccc(C(=O)Nc2ccccc2)cc1. The second-order valence-electron chi connectivity index (χ2n) is 5.13. The number of carbonyl (C=O) groups is 1. The Kier molecular flexibility index (Phi) is 4.78. The molecule has 1 aromatic heterocycles. The summed E-state index contributed by atoms with van der Waals surface area (Å²) in [5.74, 6) is 0.727. The van der Waals surface area contributed by atoms with E-state index in [2.05, 4.69) is 10.3 Å². The van der Waals surface area contributed by atoms with E-state index in [4.69, 9.17) is 0 Å². The Hall–Kier alpha value is -2.53. The highest BCUT2D eigenvalue weighted by Crippen LogP contribution is 2.20. The van der Waals surface area contributed by atoms with E-state index in [0.29, 0.717) is 5.56 Å². The number of carbonyl (C=O) groups excluding carboxylic acids is 1. The molecule has 1 N–H and O–H groups in total. The first-order valence-corrected chi connectivity index (χ1v) is 8.26. The zero-order chi connectivity index (χ0) is 16.1. The molecule has 0 aliphatic heterocycles. The van der Waals surface area contributed by atoms with Gasteiger partial charge in [-0.25, -0.2) is 4.98 Å². The molecule has 0 unspecified atom stereocenters. The number of imidazole rings is 1. The van der Waals surface area contributed by atoms with Gasteiger partial charge in [-0.2, -0.15) is 0 Å². The summed E-state index contributed by atoms with van der Waals surface area (Å²) in [4.78, 5) is 16.5. The molecular weight excluding hydrogens is 306 g/mol. The highest BCUT2D eigenvalue weighted by molar-refractivity contribution is 7.98. The molecule has 1 amide bonds. The van der Waals surface area contributed by atoms with Gasteiger partial charge in [-0.1, -0.05) is 42.1 Å². The Morgan fingerprint density at radius 3 is 2.52 bits per heavy atom. The Morgan fingerprint density at radius 2 is 1.87 bits per heavy atom. The van der Waals surface area contributed by atoms with Gasteiger partial charge in [0.15, 0.2) is 5.16 Å². The highest BCUT2D eigenvalue weighted by Gasteiger charge is 2.06. The van der Waals surface area contributed by atoms with Crippen LogP contribution in [0.5, 0.6) is 0 Å². The number of aromatic nitrogens is 2. The summed E-state index contributed by atoms with van der Waals surface area (Å²) >= 11 is 1.67. The summed E-state index contributed by atoms with van der Waals surface area (Å²) in [6, 6.07) is 17.1. The van der Waals surface area contributed by atoms with Crippen molar-refractivity contribution in [3.05, 3.63) is 78.1 Å². The number of hydrogen-bond acceptors (Lipinski definition) is 3. The topological polar surface area (TPSA) is 46.9 Å². The number of hydrogen-bond donors (Lipinski definition) is 1. The molecule has 0 fully saturated rings. The average Bonchev–Trinajstić information content (AvgIpc) is 2.99. The predicted molar refractivity (Wildman–Crippen MR) is 93.6 cm³/mol. The molecule has 3 aromatic rings. The van der Waals surface area contributed by atoms with Crippen molar-refractivity contribution in [2.24, 2.45) is 7.05 Å². The molecule has 3 rings (SSSR count). The monoisotopic (exact) mass is 323 g/mol. The minimum Gasteiger partial charge on any atom is -0.329 e. The van der Waals surface area contributed by atoms with Gasteiger partial charge in [0, 0.05) is 36.4 Å². The van der Waals surface area contributed by atoms with Crippen molar-refractivity contribution < 1.29 is 4.79 Å². The molecule has 0 saturated heterocycles. The molecule has 2 aromatic carbocycles. The number of nitrogens with zero attached hydrogens (tertiary/aromatic N) is 2. The van der Waals surface area contributed by atoms with Crippen molar-refractivity contribution in [2.75, 3.05) is 5.32 Å². The molecule has 116 valence electrons. The second-order valence-corrected chi connectivity index (χ2v) is 6.07. The van der Waals surface area contributed by atoms with Crippen molar-refractivity contribution in [1.82, 2.24) is 9.55 Å². The van der Waals surface area contributed by atoms with Crippen molar-refractivity contribution in [3.8, 4) is 0 Å². The fourth-order valence-electron chi connectivity index (χ4n) is 2.12. The van der Waals surface area contributed by atoms with Crippen LogP contribution in [0.25, 0.3) is 0 Å². The first-order chi connectivity index (χ1) is 11.2. The summed E-state index contributed by atoms with van der Waals surface area (Å²) in [6.07, 6.45) is 3.72. The Balaban J connectivity index is 1.60. The van der Waals surface area contributed by atoms with E-state index >= 15 is 0 Å². The Labute approximate surface area is 139 Å². The summed E-state index contributed by atoms with van der Waals surface area (Å²) in [7, 11) is 1.98. The van der Waals surface area contributed by atoms with Gasteiger partial charge in [0.2, 0.25) is 0 Å². The molecule has 5 heteroatoms. The third-order valence-corrected chi connectivity index (χ3v) is 4.52. The lowest BCUT2D eigenvalue weighted by Crippen LogP contribution is -2.11. The minimum atomic E-state index is -0.0977. The molecule has 0 saturated carbocycles. The van der Waals surface area contributed by atoms with E-state index in [1.54, 1.807) is 18.0 Å². The number of rotatable bonds is 5. The van der Waals surface area contributed by atoms with Crippen LogP contribution in [0.1, 0.15) is 15.9 Å². The van der Waals surface area contributed by atoms with Crippen molar-refractivity contribution >= 4 is 23.4 Å². The van der Waals surface area contributed by atoms with Crippen LogP contribution in [0.3, 0.4) is 0 Å². The average molecular weight is 323 g/mol. The van der Waals surface area contributed by atoms with E-state index in [-0.39, 0.29) is 5.91 Å². The smallest absolute Gasteiger partial charge is 0.255 e. The molecule has 0 spiro atoms. The van der Waals surface area contributed by atoms with Crippen LogP contribution in [-0.2, 0) is 12.8 Å². The van der Waals surface area contributed by atoms with E-state index in [1.807, 2.05) is 72.4 Å². The van der Waals surface area contributed by atoms with Crippen LogP contribution in [0, 0.1) is 0 Å². The van der Waals surface area contributed by atoms with Gasteiger partial charge in [0.1, 0.15) is 0 Å². The van der Waals surface area contributed by atoms with Gasteiger partial charge in [0.25, 0.3) is 5.91 Å². The number of benzene rings is 2. The van der Waals surface area contributed by atoms with Crippen LogP contribution in [0.4, 0.5) is 5.69 Å². The van der Waals surface area contributed by atoms with E-state index in [1.165, 1.54) is 0 Å². The van der Waals surface area contributed by atoms with Crippen LogP contribution < -0.4 is 5.32 Å². The lowest BCUT2D eigenvalue weighted by Gasteiger charge is -2.06. The molecular formula is C18H17N3OS. The summed E-state index contributed by atoms with van der Waals surface area (Å²) in [5.41, 5.74) is 2.61. The van der Waals surface area contributed by atoms with Gasteiger partial charge in [-0.05, 0) is 29.8 Å². The maximum atomic E-state index is 12.2. The molecule has 0 bridgehead atoms. The van der Waals surface area contributed by atoms with Crippen LogP contribution in [0.2, 0.25) is 0 Å². The molecule has 0 aliphatic carbocycles. The van der Waals surface area contributed by atoms with Crippen LogP contribution >= 0.6 is 11.8 Å². The normalized spacial score (nSPS) is 10.5. The second kappa shape index (κ2) is 7.15.